The first-order valence-electron chi connectivity index (χ1n) is 8.83. The van der Waals surface area contributed by atoms with Crippen LogP contribution in [0.3, 0.4) is 0 Å². The number of ether oxygens (including phenoxy) is 3. The van der Waals surface area contributed by atoms with Gasteiger partial charge in [-0.1, -0.05) is 41.5 Å². The minimum atomic E-state index is -1.67. The van der Waals surface area contributed by atoms with Crippen LogP contribution < -0.4 is 0 Å². The van der Waals surface area contributed by atoms with E-state index in [4.69, 9.17) is 19.7 Å². The molecular formula is C20H18FN3O5. The number of carbonyl (C=O) groups is 2. The molecule has 1 fully saturated rings. The summed E-state index contributed by atoms with van der Waals surface area (Å²) in [6.45, 7) is -1.22. The molecule has 0 aromatic heterocycles. The Hall–Kier alpha value is -3.42. The lowest BCUT2D eigenvalue weighted by Gasteiger charge is -2.32. The van der Waals surface area contributed by atoms with Crippen LogP contribution in [0.5, 0.6) is 0 Å². The minimum absolute atomic E-state index is 0.227. The van der Waals surface area contributed by atoms with Crippen LogP contribution in [0.1, 0.15) is 20.7 Å². The SMILES string of the molecule is [N-]=[N+]=NC[C@]1(COC(=O)c2ccccc2)OC[C@H](F)[C@@H]1OC(=O)c1ccccc1. The Labute approximate surface area is 165 Å². The van der Waals surface area contributed by atoms with E-state index in [1.165, 1.54) is 12.1 Å². The molecule has 0 bridgehead atoms. The Balaban J connectivity index is 1.79. The summed E-state index contributed by atoms with van der Waals surface area (Å²) in [5.74, 6) is -1.42. The van der Waals surface area contributed by atoms with Crippen molar-refractivity contribution in [2.75, 3.05) is 19.8 Å². The highest BCUT2D eigenvalue weighted by molar-refractivity contribution is 5.90. The molecule has 1 heterocycles. The first-order valence-corrected chi connectivity index (χ1v) is 8.83. The summed E-state index contributed by atoms with van der Waals surface area (Å²) in [6.07, 6.45) is -3.09. The van der Waals surface area contributed by atoms with Gasteiger partial charge in [-0.15, -0.1) is 0 Å². The maximum atomic E-state index is 14.6. The molecule has 0 amide bonds. The smallest absolute Gasteiger partial charge is 0.338 e. The third kappa shape index (κ3) is 4.71. The lowest BCUT2D eigenvalue weighted by atomic mass is 9.96. The normalized spacial score (nSPS) is 23.1. The predicted octanol–water partition coefficient (Wildman–Crippen LogP) is 3.49. The molecule has 0 saturated carbocycles. The Kier molecular flexibility index (Phi) is 6.43. The van der Waals surface area contributed by atoms with E-state index >= 15 is 0 Å². The molecule has 1 aliphatic rings. The Morgan fingerprint density at radius 3 is 2.28 bits per heavy atom. The highest BCUT2D eigenvalue weighted by Crippen LogP contribution is 2.33. The van der Waals surface area contributed by atoms with Crippen molar-refractivity contribution in [1.29, 1.82) is 0 Å². The highest BCUT2D eigenvalue weighted by Gasteiger charge is 2.54. The first kappa shape index (κ1) is 20.3. The summed E-state index contributed by atoms with van der Waals surface area (Å²) < 4.78 is 30.7. The lowest BCUT2D eigenvalue weighted by Crippen LogP contribution is -2.51. The van der Waals surface area contributed by atoms with E-state index in [9.17, 15) is 14.0 Å². The van der Waals surface area contributed by atoms with Gasteiger partial charge < -0.3 is 14.2 Å². The van der Waals surface area contributed by atoms with Crippen molar-refractivity contribution >= 4 is 11.9 Å². The maximum Gasteiger partial charge on any atom is 0.338 e. The van der Waals surface area contributed by atoms with E-state index < -0.39 is 43.0 Å². The van der Waals surface area contributed by atoms with Crippen LogP contribution in [0, 0.1) is 0 Å². The number of alkyl halides is 1. The Morgan fingerprint density at radius 1 is 1.10 bits per heavy atom. The number of azide groups is 1. The van der Waals surface area contributed by atoms with Gasteiger partial charge in [0.05, 0.1) is 24.3 Å². The molecule has 0 aliphatic carbocycles. The molecule has 150 valence electrons. The van der Waals surface area contributed by atoms with Crippen molar-refractivity contribution in [2.24, 2.45) is 5.11 Å². The molecule has 3 rings (SSSR count). The van der Waals surface area contributed by atoms with Gasteiger partial charge in [-0.25, -0.2) is 14.0 Å². The quantitative estimate of drug-likeness (QED) is 0.306. The Morgan fingerprint density at radius 2 is 1.69 bits per heavy atom. The molecule has 0 radical (unpaired) electrons. The van der Waals surface area contributed by atoms with E-state index in [0.717, 1.165) is 0 Å². The molecule has 29 heavy (non-hydrogen) atoms. The summed E-state index contributed by atoms with van der Waals surface area (Å²) in [5, 5.41) is 3.45. The zero-order chi connectivity index (χ0) is 20.7. The van der Waals surface area contributed by atoms with Crippen molar-refractivity contribution in [3.63, 3.8) is 0 Å². The van der Waals surface area contributed by atoms with E-state index in [-0.39, 0.29) is 12.1 Å². The average Bonchev–Trinajstić information content (AvgIpc) is 3.07. The van der Waals surface area contributed by atoms with Gasteiger partial charge in [0.15, 0.2) is 12.3 Å². The minimum Gasteiger partial charge on any atom is -0.459 e. The second-order valence-corrected chi connectivity index (χ2v) is 6.41. The zero-order valence-corrected chi connectivity index (χ0v) is 15.3. The van der Waals surface area contributed by atoms with Crippen LogP contribution in [0.4, 0.5) is 4.39 Å². The fourth-order valence-electron chi connectivity index (χ4n) is 2.99. The van der Waals surface area contributed by atoms with Crippen molar-refractivity contribution in [2.45, 2.75) is 17.9 Å². The van der Waals surface area contributed by atoms with Gasteiger partial charge >= 0.3 is 11.9 Å². The molecule has 1 aliphatic heterocycles. The fraction of sp³-hybridized carbons (Fsp3) is 0.300. The van der Waals surface area contributed by atoms with Crippen molar-refractivity contribution in [3.8, 4) is 0 Å². The molecule has 9 heteroatoms. The summed E-state index contributed by atoms with van der Waals surface area (Å²) >= 11 is 0. The second-order valence-electron chi connectivity index (χ2n) is 6.41. The first-order chi connectivity index (χ1) is 14.1. The fourth-order valence-corrected chi connectivity index (χ4v) is 2.99. The van der Waals surface area contributed by atoms with Crippen LogP contribution in [0.2, 0.25) is 0 Å². The van der Waals surface area contributed by atoms with Gasteiger partial charge in [-0.3, -0.25) is 0 Å². The molecule has 1 saturated heterocycles. The van der Waals surface area contributed by atoms with Gasteiger partial charge in [-0.05, 0) is 29.8 Å². The largest absolute Gasteiger partial charge is 0.459 e. The number of esters is 2. The zero-order valence-electron chi connectivity index (χ0n) is 15.3. The molecule has 0 spiro atoms. The summed E-state index contributed by atoms with van der Waals surface area (Å²) in [4.78, 5) is 27.3. The van der Waals surface area contributed by atoms with Crippen LogP contribution in [0.25, 0.3) is 10.4 Å². The average molecular weight is 399 g/mol. The Bertz CT molecular complexity index is 905. The molecule has 2 aromatic rings. The third-order valence-electron chi connectivity index (χ3n) is 4.48. The van der Waals surface area contributed by atoms with Gasteiger partial charge in [0.2, 0.25) is 0 Å². The molecule has 0 unspecified atom stereocenters. The summed E-state index contributed by atoms with van der Waals surface area (Å²) in [6, 6.07) is 16.3. The number of carbonyl (C=O) groups excluding carboxylic acids is 2. The third-order valence-corrected chi connectivity index (χ3v) is 4.48. The van der Waals surface area contributed by atoms with Crippen LogP contribution in [0.15, 0.2) is 65.8 Å². The number of hydrogen-bond donors (Lipinski definition) is 0. The van der Waals surface area contributed by atoms with Crippen LogP contribution >= 0.6 is 0 Å². The summed E-state index contributed by atoms with van der Waals surface area (Å²) in [5.41, 5.74) is 7.60. The van der Waals surface area contributed by atoms with Gasteiger partial charge in [0.1, 0.15) is 12.2 Å². The summed E-state index contributed by atoms with van der Waals surface area (Å²) in [7, 11) is 0. The number of benzene rings is 2. The molecule has 3 atom stereocenters. The molecule has 0 N–H and O–H groups in total. The molecular weight excluding hydrogens is 381 g/mol. The highest BCUT2D eigenvalue weighted by atomic mass is 19.1. The number of rotatable bonds is 7. The monoisotopic (exact) mass is 399 g/mol. The number of hydrogen-bond acceptors (Lipinski definition) is 6. The van der Waals surface area contributed by atoms with Crippen LogP contribution in [-0.4, -0.2) is 49.6 Å². The maximum absolute atomic E-state index is 14.6. The van der Waals surface area contributed by atoms with Crippen LogP contribution in [-0.2, 0) is 14.2 Å². The van der Waals surface area contributed by atoms with Crippen molar-refractivity contribution in [1.82, 2.24) is 0 Å². The molecule has 8 nitrogen and oxygen atoms in total. The number of nitrogens with zero attached hydrogens (tertiary/aromatic N) is 3. The predicted molar refractivity (Wildman–Crippen MR) is 100.0 cm³/mol. The second kappa shape index (κ2) is 9.18. The standard InChI is InChI=1S/C20H18FN3O5/c21-16-11-28-20(12-23-24-22,13-27-18(25)14-7-3-1-4-8-14)17(16)29-19(26)15-9-5-2-6-10-15/h1-10,16-17H,11-13H2/t16-,17-,20+/m0/s1. The van der Waals surface area contributed by atoms with E-state index in [2.05, 4.69) is 10.0 Å². The van der Waals surface area contributed by atoms with Gasteiger partial charge in [0, 0.05) is 4.91 Å². The van der Waals surface area contributed by atoms with E-state index in [0.29, 0.717) is 5.56 Å². The molecule has 2 aromatic carbocycles. The van der Waals surface area contributed by atoms with E-state index in [1.54, 1.807) is 48.5 Å². The lowest BCUT2D eigenvalue weighted by molar-refractivity contribution is -0.0964. The van der Waals surface area contributed by atoms with Gasteiger partial charge in [0.25, 0.3) is 0 Å². The van der Waals surface area contributed by atoms with Crippen molar-refractivity contribution < 1.29 is 28.2 Å². The number of halogens is 1. The van der Waals surface area contributed by atoms with Crippen molar-refractivity contribution in [3.05, 3.63) is 82.2 Å². The van der Waals surface area contributed by atoms with Gasteiger partial charge in [-0.2, -0.15) is 0 Å². The topological polar surface area (TPSA) is 111 Å². The van der Waals surface area contributed by atoms with E-state index in [1.807, 2.05) is 0 Å².